The van der Waals surface area contributed by atoms with Crippen LogP contribution in [0.5, 0.6) is 11.5 Å². The number of fused-ring (bicyclic) bond motifs is 1. The van der Waals surface area contributed by atoms with Crippen LogP contribution in [0.25, 0.3) is 28.1 Å². The molecule has 130 valence electrons. The van der Waals surface area contributed by atoms with Crippen LogP contribution in [0.15, 0.2) is 59.7 Å². The monoisotopic (exact) mass is 348 g/mol. The Balaban J connectivity index is 1.80. The van der Waals surface area contributed by atoms with E-state index in [1.54, 1.807) is 26.6 Å². The first kappa shape index (κ1) is 15.9. The van der Waals surface area contributed by atoms with Gasteiger partial charge in [-0.05, 0) is 30.3 Å². The van der Waals surface area contributed by atoms with Crippen molar-refractivity contribution in [3.63, 3.8) is 0 Å². The highest BCUT2D eigenvalue weighted by Gasteiger charge is 2.13. The number of rotatable bonds is 4. The van der Waals surface area contributed by atoms with Gasteiger partial charge in [-0.15, -0.1) is 0 Å². The van der Waals surface area contributed by atoms with Gasteiger partial charge in [0.05, 0.1) is 25.3 Å². The summed E-state index contributed by atoms with van der Waals surface area (Å²) in [5, 5.41) is 0. The maximum absolute atomic E-state index is 12.3. The molecule has 7 heteroatoms. The second-order valence-corrected chi connectivity index (χ2v) is 5.62. The molecule has 0 saturated heterocycles. The molecule has 2 heterocycles. The normalized spacial score (nSPS) is 10.8. The van der Waals surface area contributed by atoms with E-state index in [1.165, 1.54) is 4.57 Å². The van der Waals surface area contributed by atoms with Crippen molar-refractivity contribution in [2.45, 2.75) is 0 Å². The summed E-state index contributed by atoms with van der Waals surface area (Å²) in [5.74, 6) is 1.70. The minimum absolute atomic E-state index is 0.280. The van der Waals surface area contributed by atoms with Gasteiger partial charge in [-0.1, -0.05) is 12.1 Å². The van der Waals surface area contributed by atoms with E-state index in [0.717, 1.165) is 22.2 Å². The van der Waals surface area contributed by atoms with Crippen LogP contribution < -0.4 is 15.2 Å². The number of H-pyrrole nitrogens is 1. The topological polar surface area (TPSA) is 82.0 Å². The summed E-state index contributed by atoms with van der Waals surface area (Å²) in [4.78, 5) is 23.8. The molecule has 0 bridgehead atoms. The molecular weight excluding hydrogens is 332 g/mol. The van der Waals surface area contributed by atoms with Gasteiger partial charge in [-0.25, -0.2) is 19.3 Å². The van der Waals surface area contributed by atoms with Gasteiger partial charge in [0, 0.05) is 23.5 Å². The maximum Gasteiger partial charge on any atom is 0.333 e. The van der Waals surface area contributed by atoms with Crippen molar-refractivity contribution in [2.24, 2.45) is 0 Å². The highest BCUT2D eigenvalue weighted by Crippen LogP contribution is 2.32. The van der Waals surface area contributed by atoms with Gasteiger partial charge in [0.15, 0.2) is 0 Å². The lowest BCUT2D eigenvalue weighted by molar-refractivity contribution is 0.404. The zero-order chi connectivity index (χ0) is 18.1. The van der Waals surface area contributed by atoms with E-state index in [9.17, 15) is 4.79 Å². The molecule has 0 saturated carbocycles. The van der Waals surface area contributed by atoms with E-state index < -0.39 is 0 Å². The number of benzene rings is 2. The fraction of sp³-hybridized carbons (Fsp3) is 0.105. The van der Waals surface area contributed by atoms with Gasteiger partial charge in [0.2, 0.25) is 5.95 Å². The van der Waals surface area contributed by atoms with Gasteiger partial charge in [0.1, 0.15) is 11.5 Å². The highest BCUT2D eigenvalue weighted by atomic mass is 16.5. The predicted molar refractivity (Wildman–Crippen MR) is 98.0 cm³/mol. The van der Waals surface area contributed by atoms with E-state index in [-0.39, 0.29) is 5.69 Å². The third kappa shape index (κ3) is 2.59. The Morgan fingerprint density at radius 1 is 1.00 bits per heavy atom. The van der Waals surface area contributed by atoms with Crippen LogP contribution in [-0.4, -0.2) is 33.7 Å². The second kappa shape index (κ2) is 6.36. The van der Waals surface area contributed by atoms with Crippen LogP contribution in [0.4, 0.5) is 0 Å². The van der Waals surface area contributed by atoms with Crippen LogP contribution >= 0.6 is 0 Å². The lowest BCUT2D eigenvalue weighted by Gasteiger charge is -2.10. The number of hydrogen-bond donors (Lipinski definition) is 1. The fourth-order valence-corrected chi connectivity index (χ4v) is 2.87. The summed E-state index contributed by atoms with van der Waals surface area (Å²) in [5.41, 5.74) is 2.75. The summed E-state index contributed by atoms with van der Waals surface area (Å²) < 4.78 is 12.1. The Kier molecular flexibility index (Phi) is 3.89. The van der Waals surface area contributed by atoms with E-state index in [2.05, 4.69) is 15.0 Å². The molecule has 4 aromatic rings. The molecule has 2 aromatic heterocycles. The number of methoxy groups -OCH3 is 2. The van der Waals surface area contributed by atoms with Crippen molar-refractivity contribution in [3.8, 4) is 28.6 Å². The first-order valence-corrected chi connectivity index (χ1v) is 7.96. The van der Waals surface area contributed by atoms with Gasteiger partial charge in [-0.3, -0.25) is 0 Å². The number of para-hydroxylation sites is 2. The Morgan fingerprint density at radius 2 is 1.77 bits per heavy atom. The van der Waals surface area contributed by atoms with Crippen LogP contribution in [0.1, 0.15) is 0 Å². The molecule has 0 atom stereocenters. The number of nitrogens with one attached hydrogen (secondary N) is 1. The van der Waals surface area contributed by atoms with E-state index in [1.807, 2.05) is 42.5 Å². The molecule has 4 rings (SSSR count). The molecule has 0 aliphatic rings. The van der Waals surface area contributed by atoms with Crippen molar-refractivity contribution in [2.75, 3.05) is 14.2 Å². The van der Waals surface area contributed by atoms with Gasteiger partial charge in [0.25, 0.3) is 0 Å². The number of imidazole rings is 1. The lowest BCUT2D eigenvalue weighted by atomic mass is 10.1. The first-order valence-electron chi connectivity index (χ1n) is 7.96. The Bertz CT molecular complexity index is 1130. The second-order valence-electron chi connectivity index (χ2n) is 5.62. The lowest BCUT2D eigenvalue weighted by Crippen LogP contribution is -2.17. The van der Waals surface area contributed by atoms with Gasteiger partial charge < -0.3 is 14.5 Å². The number of aromatic amines is 1. The smallest absolute Gasteiger partial charge is 0.333 e. The quantitative estimate of drug-likeness (QED) is 0.613. The maximum atomic E-state index is 12.3. The Morgan fingerprint density at radius 3 is 2.50 bits per heavy atom. The molecule has 7 nitrogen and oxygen atoms in total. The number of ether oxygens (including phenoxy) is 2. The summed E-state index contributed by atoms with van der Waals surface area (Å²) in [7, 11) is 3.21. The highest BCUT2D eigenvalue weighted by molar-refractivity contribution is 5.76. The standard InChI is InChI=1S/C19H16N4O3/c1-25-13-7-8-17(26-2)14(9-13)12-10-20-18(21-11-12)23-16-6-4-3-5-15(16)22-19(23)24/h3-11H,1-2H3,(H,22,24). The third-order valence-electron chi connectivity index (χ3n) is 4.15. The van der Waals surface area contributed by atoms with Crippen LogP contribution in [-0.2, 0) is 0 Å². The number of hydrogen-bond acceptors (Lipinski definition) is 5. The largest absolute Gasteiger partial charge is 0.497 e. The minimum Gasteiger partial charge on any atom is -0.497 e. The van der Waals surface area contributed by atoms with Crippen molar-refractivity contribution in [3.05, 3.63) is 65.3 Å². The molecule has 0 spiro atoms. The minimum atomic E-state index is -0.280. The van der Waals surface area contributed by atoms with E-state index >= 15 is 0 Å². The zero-order valence-corrected chi connectivity index (χ0v) is 14.3. The molecule has 0 aliphatic carbocycles. The summed E-state index contributed by atoms with van der Waals surface area (Å²) >= 11 is 0. The van der Waals surface area contributed by atoms with Crippen molar-refractivity contribution >= 4 is 11.0 Å². The Labute approximate surface area is 148 Å². The summed E-state index contributed by atoms with van der Waals surface area (Å²) in [6, 6.07) is 12.9. The zero-order valence-electron chi connectivity index (χ0n) is 14.3. The molecule has 26 heavy (non-hydrogen) atoms. The van der Waals surface area contributed by atoms with Crippen LogP contribution in [0.3, 0.4) is 0 Å². The Hall–Kier alpha value is -3.61. The predicted octanol–water partition coefficient (Wildman–Crippen LogP) is 2.79. The average Bonchev–Trinajstić information content (AvgIpc) is 3.03. The molecule has 0 aliphatic heterocycles. The summed E-state index contributed by atoms with van der Waals surface area (Å²) in [6.45, 7) is 0. The van der Waals surface area contributed by atoms with Gasteiger partial charge in [-0.2, -0.15) is 0 Å². The molecule has 0 unspecified atom stereocenters. The summed E-state index contributed by atoms with van der Waals surface area (Å²) in [6.07, 6.45) is 3.32. The number of nitrogens with zero attached hydrogens (tertiary/aromatic N) is 3. The average molecular weight is 348 g/mol. The first-order chi connectivity index (χ1) is 12.7. The van der Waals surface area contributed by atoms with E-state index in [4.69, 9.17) is 9.47 Å². The van der Waals surface area contributed by atoms with Crippen molar-refractivity contribution < 1.29 is 9.47 Å². The third-order valence-corrected chi connectivity index (χ3v) is 4.15. The van der Waals surface area contributed by atoms with Crippen molar-refractivity contribution in [1.82, 2.24) is 19.5 Å². The van der Waals surface area contributed by atoms with Crippen LogP contribution in [0, 0.1) is 0 Å². The van der Waals surface area contributed by atoms with Crippen molar-refractivity contribution in [1.29, 1.82) is 0 Å². The van der Waals surface area contributed by atoms with E-state index in [0.29, 0.717) is 17.4 Å². The number of aromatic nitrogens is 4. The molecule has 1 N–H and O–H groups in total. The molecule has 0 radical (unpaired) electrons. The fourth-order valence-electron chi connectivity index (χ4n) is 2.87. The van der Waals surface area contributed by atoms with Crippen LogP contribution in [0.2, 0.25) is 0 Å². The molecule has 0 amide bonds. The molecular formula is C19H16N4O3. The molecule has 2 aromatic carbocycles. The van der Waals surface area contributed by atoms with Gasteiger partial charge >= 0.3 is 5.69 Å². The molecule has 0 fully saturated rings. The SMILES string of the molecule is COc1ccc(OC)c(-c2cnc(-n3c(=O)[nH]c4ccccc43)nc2)c1.